The number of halogens is 3. The van der Waals surface area contributed by atoms with Gasteiger partial charge in [-0.1, -0.05) is 0 Å². The molecule has 0 N–H and O–H groups in total. The van der Waals surface area contributed by atoms with Crippen molar-refractivity contribution in [2.75, 3.05) is 6.61 Å². The number of carbonyl (C=O) groups excluding carboxylic acids is 1. The largest absolute Gasteiger partial charge is 0.492 e. The van der Waals surface area contributed by atoms with E-state index in [-0.39, 0.29) is 11.7 Å². The van der Waals surface area contributed by atoms with Crippen molar-refractivity contribution in [1.82, 2.24) is 4.98 Å². The van der Waals surface area contributed by atoms with Crippen LogP contribution >= 0.6 is 0 Å². The van der Waals surface area contributed by atoms with Crippen LogP contribution in [0.4, 0.5) is 13.2 Å². The molecule has 0 fully saturated rings. The number of pyridine rings is 1. The molecule has 0 unspecified atom stereocenters. The highest BCUT2D eigenvalue weighted by Gasteiger charge is 2.30. The zero-order chi connectivity index (χ0) is 15.7. The first kappa shape index (κ1) is 14.4. The number of aromatic nitrogens is 1. The van der Waals surface area contributed by atoms with Crippen LogP contribution in [0.15, 0.2) is 36.5 Å². The summed E-state index contributed by atoms with van der Waals surface area (Å²) in [5, 5.41) is 0. The lowest BCUT2D eigenvalue weighted by molar-refractivity contribution is -0.137. The van der Waals surface area contributed by atoms with Crippen LogP contribution < -0.4 is 9.47 Å². The Balaban J connectivity index is 1.80. The average molecular weight is 309 g/mol. The van der Waals surface area contributed by atoms with Crippen LogP contribution in [0.1, 0.15) is 22.3 Å². The van der Waals surface area contributed by atoms with E-state index in [1.807, 2.05) is 0 Å². The molecule has 4 nitrogen and oxygen atoms in total. The lowest BCUT2D eigenvalue weighted by Crippen LogP contribution is -2.15. The highest BCUT2D eigenvalue weighted by atomic mass is 19.4. The minimum Gasteiger partial charge on any atom is -0.492 e. The predicted molar refractivity (Wildman–Crippen MR) is 70.2 cm³/mol. The van der Waals surface area contributed by atoms with Gasteiger partial charge in [-0.2, -0.15) is 13.2 Å². The highest BCUT2D eigenvalue weighted by molar-refractivity contribution is 5.99. The molecule has 0 aliphatic carbocycles. The number of nitrogens with zero attached hydrogens (tertiary/aromatic N) is 1. The van der Waals surface area contributed by atoms with Gasteiger partial charge >= 0.3 is 6.18 Å². The van der Waals surface area contributed by atoms with E-state index in [2.05, 4.69) is 4.98 Å². The van der Waals surface area contributed by atoms with Gasteiger partial charge in [-0.3, -0.25) is 4.79 Å². The first-order chi connectivity index (χ1) is 10.4. The van der Waals surface area contributed by atoms with Crippen LogP contribution in [0.25, 0.3) is 0 Å². The van der Waals surface area contributed by atoms with Gasteiger partial charge in [0.25, 0.3) is 0 Å². The summed E-state index contributed by atoms with van der Waals surface area (Å²) in [4.78, 5) is 15.3. The molecule has 7 heteroatoms. The molecule has 1 aromatic carbocycles. The number of rotatable bonds is 2. The molecule has 0 saturated heterocycles. The molecule has 0 radical (unpaired) electrons. The second-order valence-corrected chi connectivity index (χ2v) is 4.66. The molecule has 114 valence electrons. The summed E-state index contributed by atoms with van der Waals surface area (Å²) in [6.45, 7) is 0.299. The fourth-order valence-corrected chi connectivity index (χ4v) is 2.03. The number of ketones is 1. The summed E-state index contributed by atoms with van der Waals surface area (Å²) < 4.78 is 48.1. The first-order valence-corrected chi connectivity index (χ1v) is 6.44. The van der Waals surface area contributed by atoms with Crippen LogP contribution in [-0.4, -0.2) is 17.4 Å². The smallest absolute Gasteiger partial charge is 0.417 e. The molecule has 22 heavy (non-hydrogen) atoms. The standard InChI is InChI=1S/C15H10F3NO3/c16-15(17,18)9-1-4-14(19-8-9)22-10-2-3-11-12(20)5-6-21-13(11)7-10/h1-4,7-8H,5-6H2. The Hall–Kier alpha value is -2.57. The maximum absolute atomic E-state index is 12.4. The Morgan fingerprint density at radius 2 is 2.00 bits per heavy atom. The molecule has 0 amide bonds. The summed E-state index contributed by atoms with van der Waals surface area (Å²) in [7, 11) is 0. The van der Waals surface area contributed by atoms with Crippen LogP contribution in [0, 0.1) is 0 Å². The predicted octanol–water partition coefficient (Wildman–Crippen LogP) is 3.86. The van der Waals surface area contributed by atoms with E-state index in [1.165, 1.54) is 6.07 Å². The summed E-state index contributed by atoms with van der Waals surface area (Å²) in [6, 6.07) is 6.65. The third-order valence-corrected chi connectivity index (χ3v) is 3.13. The molecule has 1 aromatic heterocycles. The van der Waals surface area contributed by atoms with Gasteiger partial charge in [0.1, 0.15) is 11.5 Å². The molecular formula is C15H10F3NO3. The molecule has 2 heterocycles. The summed E-state index contributed by atoms with van der Waals surface area (Å²) in [6.07, 6.45) is -3.41. The van der Waals surface area contributed by atoms with Crippen LogP contribution in [0.2, 0.25) is 0 Å². The zero-order valence-corrected chi connectivity index (χ0v) is 11.2. The molecule has 2 aromatic rings. The van der Waals surface area contributed by atoms with Crippen molar-refractivity contribution in [3.8, 4) is 17.4 Å². The number of hydrogen-bond acceptors (Lipinski definition) is 4. The number of ether oxygens (including phenoxy) is 2. The summed E-state index contributed by atoms with van der Waals surface area (Å²) >= 11 is 0. The minimum absolute atomic E-state index is 0.0135. The summed E-state index contributed by atoms with van der Waals surface area (Å²) in [5.74, 6) is 0.747. The van der Waals surface area contributed by atoms with E-state index < -0.39 is 11.7 Å². The molecule has 0 bridgehead atoms. The van der Waals surface area contributed by atoms with Crippen molar-refractivity contribution < 1.29 is 27.4 Å². The molecule has 0 atom stereocenters. The van der Waals surface area contributed by atoms with E-state index in [0.29, 0.717) is 36.3 Å². The van der Waals surface area contributed by atoms with Gasteiger partial charge in [0.05, 0.1) is 17.7 Å². The number of hydrogen-bond donors (Lipinski definition) is 0. The van der Waals surface area contributed by atoms with Crippen LogP contribution in [0.5, 0.6) is 17.4 Å². The van der Waals surface area contributed by atoms with Crippen molar-refractivity contribution in [1.29, 1.82) is 0 Å². The lowest BCUT2D eigenvalue weighted by atomic mass is 10.1. The van der Waals surface area contributed by atoms with Crippen LogP contribution in [-0.2, 0) is 6.18 Å². The number of fused-ring (bicyclic) bond motifs is 1. The third kappa shape index (κ3) is 2.88. The summed E-state index contributed by atoms with van der Waals surface area (Å²) in [5.41, 5.74) is -0.377. The maximum atomic E-state index is 12.4. The Morgan fingerprint density at radius 3 is 2.68 bits per heavy atom. The fourth-order valence-electron chi connectivity index (χ4n) is 2.03. The van der Waals surface area contributed by atoms with Gasteiger partial charge in [0.2, 0.25) is 5.88 Å². The van der Waals surface area contributed by atoms with E-state index in [0.717, 1.165) is 12.1 Å². The van der Waals surface area contributed by atoms with E-state index >= 15 is 0 Å². The topological polar surface area (TPSA) is 48.4 Å². The number of Topliss-reactive ketones (excluding diaryl/α,β-unsaturated/α-hetero) is 1. The maximum Gasteiger partial charge on any atom is 0.417 e. The lowest BCUT2D eigenvalue weighted by Gasteiger charge is -2.17. The fraction of sp³-hybridized carbons (Fsp3) is 0.200. The van der Waals surface area contributed by atoms with Crippen molar-refractivity contribution in [3.05, 3.63) is 47.7 Å². The second kappa shape index (κ2) is 5.32. The molecular weight excluding hydrogens is 299 g/mol. The Labute approximate surface area is 123 Å². The van der Waals surface area contributed by atoms with Gasteiger partial charge in [-0.15, -0.1) is 0 Å². The monoisotopic (exact) mass is 309 g/mol. The van der Waals surface area contributed by atoms with E-state index in [1.54, 1.807) is 12.1 Å². The minimum atomic E-state index is -4.44. The highest BCUT2D eigenvalue weighted by Crippen LogP contribution is 2.32. The van der Waals surface area contributed by atoms with Crippen molar-refractivity contribution in [2.45, 2.75) is 12.6 Å². The zero-order valence-electron chi connectivity index (χ0n) is 11.2. The van der Waals surface area contributed by atoms with Gasteiger partial charge < -0.3 is 9.47 Å². The van der Waals surface area contributed by atoms with Crippen LogP contribution in [0.3, 0.4) is 0 Å². The average Bonchev–Trinajstić information content (AvgIpc) is 2.47. The third-order valence-electron chi connectivity index (χ3n) is 3.13. The number of benzene rings is 1. The molecule has 3 rings (SSSR count). The number of carbonyl (C=O) groups is 1. The normalized spacial score (nSPS) is 14.2. The quantitative estimate of drug-likeness (QED) is 0.845. The molecule has 0 spiro atoms. The SMILES string of the molecule is O=C1CCOc2cc(Oc3ccc(C(F)(F)F)cn3)ccc21. The molecule has 0 saturated carbocycles. The Kier molecular flexibility index (Phi) is 3.48. The van der Waals surface area contributed by atoms with Crippen molar-refractivity contribution in [2.24, 2.45) is 0 Å². The first-order valence-electron chi connectivity index (χ1n) is 6.44. The molecule has 1 aliphatic heterocycles. The Bertz CT molecular complexity index is 711. The second-order valence-electron chi connectivity index (χ2n) is 4.66. The Morgan fingerprint density at radius 1 is 1.18 bits per heavy atom. The van der Waals surface area contributed by atoms with Gasteiger partial charge in [-0.05, 0) is 18.2 Å². The van der Waals surface area contributed by atoms with Crippen molar-refractivity contribution >= 4 is 5.78 Å². The van der Waals surface area contributed by atoms with E-state index in [9.17, 15) is 18.0 Å². The van der Waals surface area contributed by atoms with Gasteiger partial charge in [0, 0.05) is 24.8 Å². The van der Waals surface area contributed by atoms with E-state index in [4.69, 9.17) is 9.47 Å². The molecule has 1 aliphatic rings. The van der Waals surface area contributed by atoms with Gasteiger partial charge in [0.15, 0.2) is 5.78 Å². The van der Waals surface area contributed by atoms with Gasteiger partial charge in [-0.25, -0.2) is 4.98 Å². The number of alkyl halides is 3. The van der Waals surface area contributed by atoms with Crippen molar-refractivity contribution in [3.63, 3.8) is 0 Å².